The van der Waals surface area contributed by atoms with Crippen molar-refractivity contribution in [2.45, 2.75) is 78.1 Å². The number of ether oxygens (including phenoxy) is 3. The molecule has 198 valence electrons. The molecule has 0 radical (unpaired) electrons. The molecule has 6 atom stereocenters. The van der Waals surface area contributed by atoms with Crippen LogP contribution in [0.5, 0.6) is 0 Å². The molecular weight excluding hydrogens is 528 g/mol. The van der Waals surface area contributed by atoms with Crippen molar-refractivity contribution in [3.8, 4) is 0 Å². The van der Waals surface area contributed by atoms with E-state index < -0.39 is 0 Å². The summed E-state index contributed by atoms with van der Waals surface area (Å²) in [6.45, 7) is 7.80. The van der Waals surface area contributed by atoms with Crippen LogP contribution in [-0.4, -0.2) is 25.0 Å². The number of benzene rings is 2. The van der Waals surface area contributed by atoms with Crippen LogP contribution in [0, 0.1) is 22.7 Å². The minimum atomic E-state index is -0.226. The quantitative estimate of drug-likeness (QED) is 0.147. The summed E-state index contributed by atoms with van der Waals surface area (Å²) in [5.41, 5.74) is 3.05. The van der Waals surface area contributed by atoms with Crippen LogP contribution < -0.4 is 0 Å². The molecular formula is C32H39BrO4. The number of hydrogen-bond donors (Lipinski definition) is 0. The van der Waals surface area contributed by atoms with E-state index in [1.54, 1.807) is 0 Å². The number of carbonyl (C=O) groups excluding carboxylic acids is 1. The van der Waals surface area contributed by atoms with E-state index in [2.05, 4.69) is 54.9 Å². The number of fused-ring (bicyclic) bond motifs is 3. The highest BCUT2D eigenvalue weighted by molar-refractivity contribution is 9.10. The fourth-order valence-corrected chi connectivity index (χ4v) is 7.53. The van der Waals surface area contributed by atoms with Crippen LogP contribution in [0.15, 0.2) is 70.7 Å². The number of allylic oxidation sites excluding steroid dienone is 2. The fourth-order valence-electron chi connectivity index (χ4n) is 7.26. The van der Waals surface area contributed by atoms with Crippen LogP contribution in [0.3, 0.4) is 0 Å². The largest absolute Gasteiger partial charge is 0.458 e. The summed E-state index contributed by atoms with van der Waals surface area (Å²) in [7, 11) is 0. The monoisotopic (exact) mass is 566 g/mol. The summed E-state index contributed by atoms with van der Waals surface area (Å²) in [5.74, 6) is 0.651. The van der Waals surface area contributed by atoms with E-state index in [0.717, 1.165) is 35.7 Å². The average molecular weight is 568 g/mol. The molecule has 0 heterocycles. The number of halogens is 1. The lowest BCUT2D eigenvalue weighted by molar-refractivity contribution is -0.186. The first-order chi connectivity index (χ1) is 17.8. The van der Waals surface area contributed by atoms with E-state index in [9.17, 15) is 4.79 Å². The molecule has 0 aromatic heterocycles. The molecule has 3 aliphatic rings. The molecule has 5 heteroatoms. The SMILES string of the molecule is CC1=C[C@@H]2[C@H]3CCC[C@@]3(C)[C@@H](OC(=O)c3ccc(Br)cc3)C[C@@]2(C)[C@@H](OCOCc2ccccc2)CC1. The van der Waals surface area contributed by atoms with Gasteiger partial charge in [-0.05, 0) is 80.7 Å². The molecule has 2 aromatic carbocycles. The number of rotatable bonds is 7. The van der Waals surface area contributed by atoms with Crippen LogP contribution in [-0.2, 0) is 20.8 Å². The molecule has 0 N–H and O–H groups in total. The molecule has 0 aliphatic heterocycles. The minimum absolute atomic E-state index is 0.0231. The number of esters is 1. The van der Waals surface area contributed by atoms with Crippen molar-refractivity contribution in [2.75, 3.05) is 6.79 Å². The second kappa shape index (κ2) is 11.0. The molecule has 2 saturated carbocycles. The standard InChI is InChI=1S/C32H39BrO4/c1-22-11-16-28(36-21-35-20-23-8-5-4-6-9-23)32(3)19-29(31(2)17-7-10-26(31)27(32)18-22)37-30(34)24-12-14-25(33)15-13-24/h4-6,8-9,12-15,18,26-29H,7,10-11,16-17,19-21H2,1-3H3/t26-,27-,28+,29+,31-,32-/m1/s1. The van der Waals surface area contributed by atoms with E-state index in [1.807, 2.05) is 42.5 Å². The maximum atomic E-state index is 13.3. The third-order valence-corrected chi connectivity index (χ3v) is 9.96. The van der Waals surface area contributed by atoms with Crippen LogP contribution in [0.2, 0.25) is 0 Å². The summed E-state index contributed by atoms with van der Waals surface area (Å²) in [6.07, 6.45) is 8.68. The molecule has 0 spiro atoms. The molecule has 0 unspecified atom stereocenters. The molecule has 0 saturated heterocycles. The summed E-state index contributed by atoms with van der Waals surface area (Å²) >= 11 is 3.46. The molecule has 5 rings (SSSR count). The van der Waals surface area contributed by atoms with E-state index in [0.29, 0.717) is 24.0 Å². The minimum Gasteiger partial charge on any atom is -0.458 e. The smallest absolute Gasteiger partial charge is 0.338 e. The van der Waals surface area contributed by atoms with Gasteiger partial charge in [-0.15, -0.1) is 0 Å². The van der Waals surface area contributed by atoms with Crippen molar-refractivity contribution < 1.29 is 19.0 Å². The van der Waals surface area contributed by atoms with Gasteiger partial charge in [-0.3, -0.25) is 0 Å². The Balaban J connectivity index is 1.36. The van der Waals surface area contributed by atoms with Crippen LogP contribution in [0.4, 0.5) is 0 Å². The van der Waals surface area contributed by atoms with Crippen molar-refractivity contribution in [1.82, 2.24) is 0 Å². The molecule has 2 aromatic rings. The van der Waals surface area contributed by atoms with Gasteiger partial charge in [-0.25, -0.2) is 4.79 Å². The second-order valence-electron chi connectivity index (χ2n) is 11.8. The van der Waals surface area contributed by atoms with E-state index >= 15 is 0 Å². The molecule has 3 aliphatic carbocycles. The lowest BCUT2D eigenvalue weighted by atomic mass is 9.51. The Morgan fingerprint density at radius 1 is 1.00 bits per heavy atom. The van der Waals surface area contributed by atoms with E-state index in [1.165, 1.54) is 18.4 Å². The third-order valence-electron chi connectivity index (χ3n) is 9.43. The fraction of sp³-hybridized carbons (Fsp3) is 0.531. The highest BCUT2D eigenvalue weighted by Crippen LogP contribution is 2.63. The molecule has 4 nitrogen and oxygen atoms in total. The summed E-state index contributed by atoms with van der Waals surface area (Å²) in [5, 5.41) is 0. The Morgan fingerprint density at radius 2 is 1.76 bits per heavy atom. The lowest BCUT2D eigenvalue weighted by Crippen LogP contribution is -2.57. The van der Waals surface area contributed by atoms with Crippen molar-refractivity contribution in [2.24, 2.45) is 22.7 Å². The second-order valence-corrected chi connectivity index (χ2v) is 12.7. The van der Waals surface area contributed by atoms with Gasteiger partial charge in [0.05, 0.1) is 18.3 Å². The van der Waals surface area contributed by atoms with E-state index in [-0.39, 0.29) is 35.8 Å². The lowest BCUT2D eigenvalue weighted by Gasteiger charge is -2.56. The maximum Gasteiger partial charge on any atom is 0.338 e. The van der Waals surface area contributed by atoms with Gasteiger partial charge in [0.25, 0.3) is 0 Å². The Labute approximate surface area is 229 Å². The first-order valence-corrected chi connectivity index (χ1v) is 14.5. The number of carbonyl (C=O) groups is 1. The zero-order valence-electron chi connectivity index (χ0n) is 22.3. The van der Waals surface area contributed by atoms with E-state index in [4.69, 9.17) is 14.2 Å². The van der Waals surface area contributed by atoms with Crippen molar-refractivity contribution in [3.05, 3.63) is 81.8 Å². The van der Waals surface area contributed by atoms with Crippen LogP contribution in [0.1, 0.15) is 75.2 Å². The van der Waals surface area contributed by atoms with Crippen LogP contribution in [0.25, 0.3) is 0 Å². The maximum absolute atomic E-state index is 13.3. The molecule has 0 amide bonds. The molecule has 0 bridgehead atoms. The van der Waals surface area contributed by atoms with Gasteiger partial charge in [0.2, 0.25) is 0 Å². The predicted molar refractivity (Wildman–Crippen MR) is 149 cm³/mol. The van der Waals surface area contributed by atoms with Crippen molar-refractivity contribution in [1.29, 1.82) is 0 Å². The van der Waals surface area contributed by atoms with Gasteiger partial charge in [0, 0.05) is 15.3 Å². The zero-order chi connectivity index (χ0) is 26.0. The Morgan fingerprint density at radius 3 is 2.51 bits per heavy atom. The first kappa shape index (κ1) is 26.6. The van der Waals surface area contributed by atoms with Crippen molar-refractivity contribution in [3.63, 3.8) is 0 Å². The van der Waals surface area contributed by atoms with Gasteiger partial charge >= 0.3 is 5.97 Å². The van der Waals surface area contributed by atoms with Gasteiger partial charge in [0.1, 0.15) is 12.9 Å². The Hall–Kier alpha value is -1.95. The Kier molecular flexibility index (Phi) is 7.95. The zero-order valence-corrected chi connectivity index (χ0v) is 23.8. The van der Waals surface area contributed by atoms with Gasteiger partial charge in [0.15, 0.2) is 0 Å². The Bertz CT molecular complexity index is 1110. The third kappa shape index (κ3) is 5.46. The van der Waals surface area contributed by atoms with Gasteiger partial charge in [-0.2, -0.15) is 0 Å². The van der Waals surface area contributed by atoms with Crippen molar-refractivity contribution >= 4 is 21.9 Å². The summed E-state index contributed by atoms with van der Waals surface area (Å²) < 4.78 is 19.8. The average Bonchev–Trinajstić information content (AvgIpc) is 3.24. The summed E-state index contributed by atoms with van der Waals surface area (Å²) in [6, 6.07) is 17.7. The predicted octanol–water partition coefficient (Wildman–Crippen LogP) is 8.11. The molecule has 37 heavy (non-hydrogen) atoms. The van der Waals surface area contributed by atoms with Gasteiger partial charge < -0.3 is 14.2 Å². The highest BCUT2D eigenvalue weighted by Gasteiger charge is 2.61. The topological polar surface area (TPSA) is 44.8 Å². The normalized spacial score (nSPS) is 33.1. The molecule has 2 fully saturated rings. The number of hydrogen-bond acceptors (Lipinski definition) is 4. The first-order valence-electron chi connectivity index (χ1n) is 13.7. The summed E-state index contributed by atoms with van der Waals surface area (Å²) in [4.78, 5) is 13.3. The van der Waals surface area contributed by atoms with Gasteiger partial charge in [-0.1, -0.05) is 78.2 Å². The highest BCUT2D eigenvalue weighted by atomic mass is 79.9. The van der Waals surface area contributed by atoms with Crippen LogP contribution >= 0.6 is 15.9 Å².